The highest BCUT2D eigenvalue weighted by Crippen LogP contribution is 2.13. The SMILES string of the molecule is ClCCN1CCCN(c2ncc(Cl)cn2)CC1. The van der Waals surface area contributed by atoms with Gasteiger partial charge in [-0.3, -0.25) is 0 Å². The summed E-state index contributed by atoms with van der Waals surface area (Å²) in [5.41, 5.74) is 0. The Bertz CT molecular complexity index is 344. The van der Waals surface area contributed by atoms with E-state index in [1.807, 2.05) is 0 Å². The Balaban J connectivity index is 1.96. The molecular formula is C11H16Cl2N4. The zero-order chi connectivity index (χ0) is 12.1. The summed E-state index contributed by atoms with van der Waals surface area (Å²) < 4.78 is 0. The van der Waals surface area contributed by atoms with E-state index in [-0.39, 0.29) is 0 Å². The van der Waals surface area contributed by atoms with E-state index >= 15 is 0 Å². The topological polar surface area (TPSA) is 32.3 Å². The third-order valence-corrected chi connectivity index (χ3v) is 3.24. The second kappa shape index (κ2) is 6.38. The number of hydrogen-bond acceptors (Lipinski definition) is 4. The fourth-order valence-corrected chi connectivity index (χ4v) is 2.32. The van der Waals surface area contributed by atoms with Gasteiger partial charge in [0.15, 0.2) is 0 Å². The number of alkyl halides is 1. The number of nitrogens with zero attached hydrogens (tertiary/aromatic N) is 4. The third-order valence-electron chi connectivity index (χ3n) is 2.88. The van der Waals surface area contributed by atoms with Crippen LogP contribution in [0.2, 0.25) is 5.02 Å². The average molecular weight is 275 g/mol. The minimum absolute atomic E-state index is 0.576. The van der Waals surface area contributed by atoms with Gasteiger partial charge in [0.25, 0.3) is 0 Å². The number of hydrogen-bond donors (Lipinski definition) is 0. The van der Waals surface area contributed by atoms with E-state index in [0.717, 1.165) is 45.1 Å². The van der Waals surface area contributed by atoms with Crippen molar-refractivity contribution < 1.29 is 0 Å². The van der Waals surface area contributed by atoms with Crippen LogP contribution in [0, 0.1) is 0 Å². The second-order valence-electron chi connectivity index (χ2n) is 4.07. The van der Waals surface area contributed by atoms with Crippen LogP contribution in [0.3, 0.4) is 0 Å². The summed E-state index contributed by atoms with van der Waals surface area (Å²) in [7, 11) is 0. The van der Waals surface area contributed by atoms with Crippen molar-refractivity contribution in [2.75, 3.05) is 43.5 Å². The molecule has 0 unspecified atom stereocenters. The highest BCUT2D eigenvalue weighted by Gasteiger charge is 2.16. The first-order chi connectivity index (χ1) is 8.29. The van der Waals surface area contributed by atoms with Gasteiger partial charge in [-0.2, -0.15) is 0 Å². The average Bonchev–Trinajstić information content (AvgIpc) is 2.56. The molecule has 2 rings (SSSR count). The lowest BCUT2D eigenvalue weighted by atomic mass is 10.4. The van der Waals surface area contributed by atoms with Crippen molar-refractivity contribution in [3.05, 3.63) is 17.4 Å². The van der Waals surface area contributed by atoms with Crippen molar-refractivity contribution in [1.29, 1.82) is 0 Å². The zero-order valence-electron chi connectivity index (χ0n) is 9.65. The summed E-state index contributed by atoms with van der Waals surface area (Å²) in [6.45, 7) is 4.99. The molecule has 0 N–H and O–H groups in total. The lowest BCUT2D eigenvalue weighted by Crippen LogP contribution is -2.32. The Kier molecular flexibility index (Phi) is 4.83. The van der Waals surface area contributed by atoms with Gasteiger partial charge >= 0.3 is 0 Å². The molecule has 1 aliphatic heterocycles. The molecule has 1 fully saturated rings. The highest BCUT2D eigenvalue weighted by molar-refractivity contribution is 6.30. The minimum Gasteiger partial charge on any atom is -0.339 e. The monoisotopic (exact) mass is 274 g/mol. The van der Waals surface area contributed by atoms with Crippen LogP contribution in [0.25, 0.3) is 0 Å². The van der Waals surface area contributed by atoms with E-state index in [1.54, 1.807) is 12.4 Å². The molecule has 1 aliphatic rings. The van der Waals surface area contributed by atoms with Crippen LogP contribution in [0.15, 0.2) is 12.4 Å². The number of anilines is 1. The lowest BCUT2D eigenvalue weighted by Gasteiger charge is -2.21. The largest absolute Gasteiger partial charge is 0.339 e. The smallest absolute Gasteiger partial charge is 0.225 e. The third kappa shape index (κ3) is 3.69. The molecular weight excluding hydrogens is 259 g/mol. The molecule has 0 amide bonds. The van der Waals surface area contributed by atoms with Crippen molar-refractivity contribution >= 4 is 29.2 Å². The number of halogens is 2. The summed E-state index contributed by atoms with van der Waals surface area (Å²) in [6.07, 6.45) is 4.40. The van der Waals surface area contributed by atoms with Crippen LogP contribution >= 0.6 is 23.2 Å². The Labute approximate surface area is 112 Å². The van der Waals surface area contributed by atoms with Gasteiger partial charge in [-0.05, 0) is 13.0 Å². The maximum atomic E-state index is 5.78. The van der Waals surface area contributed by atoms with Crippen molar-refractivity contribution in [2.24, 2.45) is 0 Å². The molecule has 0 radical (unpaired) electrons. The van der Waals surface area contributed by atoms with Crippen LogP contribution in [0.4, 0.5) is 5.95 Å². The maximum Gasteiger partial charge on any atom is 0.225 e. The van der Waals surface area contributed by atoms with Crippen molar-refractivity contribution in [3.63, 3.8) is 0 Å². The van der Waals surface area contributed by atoms with Gasteiger partial charge in [0.1, 0.15) is 0 Å². The van der Waals surface area contributed by atoms with Gasteiger partial charge in [0.05, 0.1) is 17.4 Å². The summed E-state index contributed by atoms with van der Waals surface area (Å²) in [5, 5.41) is 0.576. The highest BCUT2D eigenvalue weighted by atomic mass is 35.5. The molecule has 0 aliphatic carbocycles. The molecule has 2 heterocycles. The molecule has 1 aromatic rings. The zero-order valence-corrected chi connectivity index (χ0v) is 11.2. The van der Waals surface area contributed by atoms with Gasteiger partial charge in [-0.25, -0.2) is 9.97 Å². The molecule has 4 nitrogen and oxygen atoms in total. The molecule has 1 aromatic heterocycles. The molecule has 17 heavy (non-hydrogen) atoms. The van der Waals surface area contributed by atoms with Crippen molar-refractivity contribution in [3.8, 4) is 0 Å². The molecule has 0 spiro atoms. The first-order valence-corrected chi connectivity index (χ1v) is 6.71. The minimum atomic E-state index is 0.576. The fourth-order valence-electron chi connectivity index (χ4n) is 1.98. The Morgan fingerprint density at radius 3 is 2.59 bits per heavy atom. The first-order valence-electron chi connectivity index (χ1n) is 5.80. The lowest BCUT2D eigenvalue weighted by molar-refractivity contribution is 0.311. The van der Waals surface area contributed by atoms with Gasteiger partial charge < -0.3 is 9.80 Å². The van der Waals surface area contributed by atoms with Crippen molar-refractivity contribution in [1.82, 2.24) is 14.9 Å². The second-order valence-corrected chi connectivity index (χ2v) is 4.89. The summed E-state index contributed by atoms with van der Waals surface area (Å²) >= 11 is 11.5. The summed E-state index contributed by atoms with van der Waals surface area (Å²) in [4.78, 5) is 13.1. The molecule has 94 valence electrons. The van der Waals surface area contributed by atoms with Gasteiger partial charge in [0, 0.05) is 32.1 Å². The van der Waals surface area contributed by atoms with Crippen LogP contribution < -0.4 is 4.90 Å². The standard InChI is InChI=1S/C11H16Cl2N4/c12-2-5-16-3-1-4-17(7-6-16)11-14-8-10(13)9-15-11/h8-9H,1-7H2. The van der Waals surface area contributed by atoms with Crippen molar-refractivity contribution in [2.45, 2.75) is 6.42 Å². The Hall–Kier alpha value is -0.580. The normalized spacial score (nSPS) is 18.1. The summed E-state index contributed by atoms with van der Waals surface area (Å²) in [6, 6.07) is 0. The molecule has 1 saturated heterocycles. The summed E-state index contributed by atoms with van der Waals surface area (Å²) in [5.74, 6) is 1.46. The van der Waals surface area contributed by atoms with E-state index in [9.17, 15) is 0 Å². The van der Waals surface area contributed by atoms with E-state index in [0.29, 0.717) is 10.9 Å². The van der Waals surface area contributed by atoms with Gasteiger partial charge in [-0.15, -0.1) is 11.6 Å². The van der Waals surface area contributed by atoms with E-state index in [1.165, 1.54) is 0 Å². The van der Waals surface area contributed by atoms with E-state index in [4.69, 9.17) is 23.2 Å². The number of aromatic nitrogens is 2. The maximum absolute atomic E-state index is 5.78. The van der Waals surface area contributed by atoms with E-state index < -0.39 is 0 Å². The molecule has 0 aromatic carbocycles. The number of rotatable bonds is 3. The molecule has 0 bridgehead atoms. The predicted molar refractivity (Wildman–Crippen MR) is 71.0 cm³/mol. The van der Waals surface area contributed by atoms with Crippen LogP contribution in [0.1, 0.15) is 6.42 Å². The quantitative estimate of drug-likeness (QED) is 0.788. The van der Waals surface area contributed by atoms with E-state index in [2.05, 4.69) is 19.8 Å². The fraction of sp³-hybridized carbons (Fsp3) is 0.636. The van der Waals surface area contributed by atoms with Gasteiger partial charge in [-0.1, -0.05) is 11.6 Å². The Morgan fingerprint density at radius 2 is 1.88 bits per heavy atom. The molecule has 6 heteroatoms. The van der Waals surface area contributed by atoms with Gasteiger partial charge in [0.2, 0.25) is 5.95 Å². The molecule has 0 saturated carbocycles. The Morgan fingerprint density at radius 1 is 1.12 bits per heavy atom. The van der Waals surface area contributed by atoms with Crippen LogP contribution in [-0.2, 0) is 0 Å². The first kappa shape index (κ1) is 12.9. The predicted octanol–water partition coefficient (Wildman–Crippen LogP) is 1.88. The molecule has 0 atom stereocenters. The van der Waals surface area contributed by atoms with Crippen LogP contribution in [-0.4, -0.2) is 53.5 Å². The van der Waals surface area contributed by atoms with Crippen LogP contribution in [0.5, 0.6) is 0 Å².